The van der Waals surface area contributed by atoms with Crippen LogP contribution in [-0.4, -0.2) is 19.0 Å². The molecule has 0 aromatic carbocycles. The Labute approximate surface area is 92.6 Å². The van der Waals surface area contributed by atoms with Crippen molar-refractivity contribution in [1.29, 1.82) is 0 Å². The minimum absolute atomic E-state index is 0.187. The Balaban J connectivity index is 1.94. The van der Waals surface area contributed by atoms with Crippen molar-refractivity contribution >= 4 is 0 Å². The summed E-state index contributed by atoms with van der Waals surface area (Å²) in [5, 5.41) is 0. The molecule has 1 saturated heterocycles. The molecule has 0 amide bonds. The maximum atomic E-state index is 5.97. The third-order valence-electron chi connectivity index (χ3n) is 3.51. The van der Waals surface area contributed by atoms with Gasteiger partial charge in [0.25, 0.3) is 0 Å². The Morgan fingerprint density at radius 3 is 2.07 bits per heavy atom. The Morgan fingerprint density at radius 2 is 1.60 bits per heavy atom. The summed E-state index contributed by atoms with van der Waals surface area (Å²) in [6, 6.07) is 0. The van der Waals surface area contributed by atoms with Gasteiger partial charge in [-0.2, -0.15) is 0 Å². The van der Waals surface area contributed by atoms with E-state index in [0.29, 0.717) is 0 Å². The first-order valence-electron chi connectivity index (χ1n) is 5.97. The Hall–Kier alpha value is -0.340. The third kappa shape index (κ3) is 2.43. The Kier molecular flexibility index (Phi) is 2.91. The van der Waals surface area contributed by atoms with Gasteiger partial charge in [-0.1, -0.05) is 25.5 Å². The largest absolute Gasteiger partial charge is 0.349 e. The predicted molar refractivity (Wildman–Crippen MR) is 60.6 cm³/mol. The second-order valence-corrected chi connectivity index (χ2v) is 5.60. The molecule has 1 aliphatic heterocycles. The lowest BCUT2D eigenvalue weighted by Gasteiger charge is -2.45. The van der Waals surface area contributed by atoms with Crippen molar-refractivity contribution in [3.63, 3.8) is 0 Å². The summed E-state index contributed by atoms with van der Waals surface area (Å²) in [4.78, 5) is 0. The van der Waals surface area contributed by atoms with Gasteiger partial charge in [0.15, 0.2) is 5.79 Å². The average Bonchev–Trinajstić information content (AvgIpc) is 2.24. The van der Waals surface area contributed by atoms with Gasteiger partial charge in [0, 0.05) is 18.3 Å². The molecule has 86 valence electrons. The average molecular weight is 210 g/mol. The highest BCUT2D eigenvalue weighted by Gasteiger charge is 2.41. The lowest BCUT2D eigenvalue weighted by molar-refractivity contribution is -0.307. The van der Waals surface area contributed by atoms with Crippen LogP contribution in [0.2, 0.25) is 0 Å². The minimum atomic E-state index is -0.248. The molecule has 0 aromatic heterocycles. The molecule has 2 fully saturated rings. The van der Waals surface area contributed by atoms with Crippen molar-refractivity contribution in [2.24, 2.45) is 5.41 Å². The van der Waals surface area contributed by atoms with E-state index in [-0.39, 0.29) is 11.2 Å². The van der Waals surface area contributed by atoms with E-state index < -0.39 is 0 Å². The van der Waals surface area contributed by atoms with Crippen LogP contribution in [0.1, 0.15) is 46.5 Å². The third-order valence-corrected chi connectivity index (χ3v) is 3.51. The van der Waals surface area contributed by atoms with Crippen molar-refractivity contribution in [2.45, 2.75) is 52.2 Å². The van der Waals surface area contributed by atoms with Crippen molar-refractivity contribution in [3.05, 3.63) is 11.6 Å². The van der Waals surface area contributed by atoms with Crippen LogP contribution in [0.3, 0.4) is 0 Å². The fraction of sp³-hybridized carbons (Fsp3) is 0.846. The van der Waals surface area contributed by atoms with E-state index in [0.717, 1.165) is 38.9 Å². The molecule has 0 unspecified atom stereocenters. The lowest BCUT2D eigenvalue weighted by atomic mass is 9.87. The summed E-state index contributed by atoms with van der Waals surface area (Å²) in [5.41, 5.74) is 1.74. The van der Waals surface area contributed by atoms with Crippen LogP contribution in [0, 0.1) is 5.41 Å². The van der Waals surface area contributed by atoms with Gasteiger partial charge in [0.1, 0.15) is 0 Å². The second-order valence-electron chi connectivity index (χ2n) is 5.60. The first kappa shape index (κ1) is 11.2. The van der Waals surface area contributed by atoms with Gasteiger partial charge in [-0.05, 0) is 19.8 Å². The topological polar surface area (TPSA) is 18.5 Å². The standard InChI is InChI=1S/C13H22O2/c1-4-11-5-7-13(8-6-11)14-9-12(2,3)10-15-13/h4H,5-10H2,1-3H3. The highest BCUT2D eigenvalue weighted by atomic mass is 16.7. The van der Waals surface area contributed by atoms with Gasteiger partial charge in [-0.3, -0.25) is 0 Å². The van der Waals surface area contributed by atoms with Crippen molar-refractivity contribution in [3.8, 4) is 0 Å². The molecule has 2 heteroatoms. The molecule has 2 nitrogen and oxygen atoms in total. The van der Waals surface area contributed by atoms with Gasteiger partial charge in [-0.15, -0.1) is 0 Å². The summed E-state index contributed by atoms with van der Waals surface area (Å²) in [7, 11) is 0. The molecule has 1 spiro atoms. The summed E-state index contributed by atoms with van der Waals surface area (Å²) < 4.78 is 11.9. The Bertz CT molecular complexity index is 244. The number of ether oxygens (including phenoxy) is 2. The fourth-order valence-electron chi connectivity index (χ4n) is 2.27. The molecule has 15 heavy (non-hydrogen) atoms. The maximum absolute atomic E-state index is 5.97. The highest BCUT2D eigenvalue weighted by Crippen LogP contribution is 2.40. The van der Waals surface area contributed by atoms with Gasteiger partial charge in [-0.25, -0.2) is 0 Å². The van der Waals surface area contributed by atoms with Crippen LogP contribution < -0.4 is 0 Å². The van der Waals surface area contributed by atoms with E-state index in [1.807, 2.05) is 0 Å². The molecule has 0 aromatic rings. The van der Waals surface area contributed by atoms with Crippen LogP contribution in [0.4, 0.5) is 0 Å². The number of hydrogen-bond donors (Lipinski definition) is 0. The van der Waals surface area contributed by atoms with E-state index in [4.69, 9.17) is 9.47 Å². The fourth-order valence-corrected chi connectivity index (χ4v) is 2.27. The maximum Gasteiger partial charge on any atom is 0.168 e. The van der Waals surface area contributed by atoms with E-state index in [1.165, 1.54) is 0 Å². The zero-order valence-corrected chi connectivity index (χ0v) is 10.1. The first-order chi connectivity index (χ1) is 7.05. The summed E-state index contributed by atoms with van der Waals surface area (Å²) in [6.07, 6.45) is 6.57. The monoisotopic (exact) mass is 210 g/mol. The van der Waals surface area contributed by atoms with Crippen LogP contribution in [-0.2, 0) is 9.47 Å². The van der Waals surface area contributed by atoms with Crippen molar-refractivity contribution in [2.75, 3.05) is 13.2 Å². The number of rotatable bonds is 0. The SMILES string of the molecule is CC=C1CCC2(CC1)OCC(C)(C)CO2. The van der Waals surface area contributed by atoms with E-state index >= 15 is 0 Å². The number of hydrogen-bond acceptors (Lipinski definition) is 2. The smallest absolute Gasteiger partial charge is 0.168 e. The molecule has 2 rings (SSSR count). The van der Waals surface area contributed by atoms with Crippen LogP contribution >= 0.6 is 0 Å². The van der Waals surface area contributed by atoms with Gasteiger partial charge < -0.3 is 9.47 Å². The molecule has 2 aliphatic rings. The van der Waals surface area contributed by atoms with Gasteiger partial charge >= 0.3 is 0 Å². The summed E-state index contributed by atoms with van der Waals surface area (Å²) >= 11 is 0. The first-order valence-corrected chi connectivity index (χ1v) is 5.97. The summed E-state index contributed by atoms with van der Waals surface area (Å²) in [6.45, 7) is 8.18. The highest BCUT2D eigenvalue weighted by molar-refractivity contribution is 5.06. The van der Waals surface area contributed by atoms with E-state index in [9.17, 15) is 0 Å². The predicted octanol–water partition coefficient (Wildman–Crippen LogP) is 3.28. The Morgan fingerprint density at radius 1 is 1.07 bits per heavy atom. The second kappa shape index (κ2) is 3.91. The molecule has 1 saturated carbocycles. The molecule has 1 heterocycles. The van der Waals surface area contributed by atoms with Crippen molar-refractivity contribution < 1.29 is 9.47 Å². The molecule has 0 N–H and O–H groups in total. The molecule has 0 bridgehead atoms. The molecular formula is C13H22O2. The zero-order chi connectivity index (χ0) is 10.9. The quantitative estimate of drug-likeness (QED) is 0.571. The molecule has 1 aliphatic carbocycles. The lowest BCUT2D eigenvalue weighted by Crippen LogP contribution is -2.48. The van der Waals surface area contributed by atoms with E-state index in [1.54, 1.807) is 5.57 Å². The minimum Gasteiger partial charge on any atom is -0.349 e. The molecule has 0 atom stereocenters. The van der Waals surface area contributed by atoms with Crippen LogP contribution in [0.5, 0.6) is 0 Å². The molecular weight excluding hydrogens is 188 g/mol. The zero-order valence-electron chi connectivity index (χ0n) is 10.1. The van der Waals surface area contributed by atoms with Crippen molar-refractivity contribution in [1.82, 2.24) is 0 Å². The van der Waals surface area contributed by atoms with Gasteiger partial charge in [0.2, 0.25) is 0 Å². The summed E-state index contributed by atoms with van der Waals surface area (Å²) in [5.74, 6) is -0.248. The van der Waals surface area contributed by atoms with E-state index in [2.05, 4.69) is 26.8 Å². The normalized spacial score (nSPS) is 29.1. The van der Waals surface area contributed by atoms with Crippen LogP contribution in [0.15, 0.2) is 11.6 Å². The number of allylic oxidation sites excluding steroid dienone is 2. The molecule has 0 radical (unpaired) electrons. The van der Waals surface area contributed by atoms with Gasteiger partial charge in [0.05, 0.1) is 13.2 Å². The van der Waals surface area contributed by atoms with Crippen LogP contribution in [0.25, 0.3) is 0 Å².